The van der Waals surface area contributed by atoms with E-state index >= 15 is 0 Å². The first kappa shape index (κ1) is 20.2. The second-order valence-electron chi connectivity index (χ2n) is 7.76. The number of halogens is 3. The van der Waals surface area contributed by atoms with Gasteiger partial charge in [-0.1, -0.05) is 12.1 Å². The standard InChI is InChI=1S/C21H21F3N4O2/c22-21(23,24)14-3-1-4-15(9-14)27-19(30)28-17-6-2-5-16(10-17)26-18(29)20-11-13(12-20)7-8-25-20/h1-6,9-10,13,25H,7-8,11-12H2,(H,26,29)(H2,27,28,30). The van der Waals surface area contributed by atoms with E-state index in [1.54, 1.807) is 24.3 Å². The molecule has 1 aliphatic carbocycles. The van der Waals surface area contributed by atoms with E-state index in [9.17, 15) is 22.8 Å². The van der Waals surface area contributed by atoms with Crippen LogP contribution in [-0.2, 0) is 11.0 Å². The number of urea groups is 1. The van der Waals surface area contributed by atoms with Crippen LogP contribution in [0.25, 0.3) is 0 Å². The third kappa shape index (κ3) is 4.25. The summed E-state index contributed by atoms with van der Waals surface area (Å²) in [4.78, 5) is 24.8. The highest BCUT2D eigenvalue weighted by Gasteiger charge is 2.52. The van der Waals surface area contributed by atoms with Crippen molar-refractivity contribution < 1.29 is 22.8 Å². The molecule has 2 aromatic rings. The predicted octanol–water partition coefficient (Wildman–Crippen LogP) is 4.43. The Bertz CT molecular complexity index is 965. The molecule has 3 amide bonds. The highest BCUT2D eigenvalue weighted by atomic mass is 19.4. The second kappa shape index (κ2) is 7.64. The minimum atomic E-state index is -4.49. The summed E-state index contributed by atoms with van der Waals surface area (Å²) in [7, 11) is 0. The SMILES string of the molecule is O=C(Nc1cccc(NC(=O)C23CC(CCN2)C3)c1)Nc1cccc(C(F)(F)F)c1. The van der Waals surface area contributed by atoms with Crippen molar-refractivity contribution in [3.8, 4) is 0 Å². The maximum Gasteiger partial charge on any atom is 0.416 e. The number of fused-ring (bicyclic) bond motifs is 2. The number of hydrogen-bond donors (Lipinski definition) is 4. The molecule has 0 unspecified atom stereocenters. The monoisotopic (exact) mass is 418 g/mol. The van der Waals surface area contributed by atoms with Gasteiger partial charge in [0.15, 0.2) is 0 Å². The highest BCUT2D eigenvalue weighted by Crippen LogP contribution is 2.43. The summed E-state index contributed by atoms with van der Waals surface area (Å²) in [6, 6.07) is 10.3. The molecule has 6 nitrogen and oxygen atoms in total. The Balaban J connectivity index is 1.37. The first-order valence-corrected chi connectivity index (χ1v) is 9.65. The fraction of sp³-hybridized carbons (Fsp3) is 0.333. The quantitative estimate of drug-likeness (QED) is 0.593. The average Bonchev–Trinajstić information content (AvgIpc) is 2.67. The molecule has 0 atom stereocenters. The van der Waals surface area contributed by atoms with Crippen LogP contribution < -0.4 is 21.3 Å². The summed E-state index contributed by atoms with van der Waals surface area (Å²) in [5.41, 5.74) is -0.402. The Labute approximate surface area is 171 Å². The summed E-state index contributed by atoms with van der Waals surface area (Å²) < 4.78 is 38.4. The summed E-state index contributed by atoms with van der Waals surface area (Å²) >= 11 is 0. The van der Waals surface area contributed by atoms with Crippen molar-refractivity contribution in [3.63, 3.8) is 0 Å². The summed E-state index contributed by atoms with van der Waals surface area (Å²) in [6.45, 7) is 0.829. The molecule has 5 rings (SSSR count). The third-order valence-electron chi connectivity index (χ3n) is 5.55. The van der Waals surface area contributed by atoms with E-state index < -0.39 is 23.3 Å². The zero-order valence-corrected chi connectivity index (χ0v) is 16.0. The summed E-state index contributed by atoms with van der Waals surface area (Å²) in [5, 5.41) is 11.1. The van der Waals surface area contributed by atoms with Gasteiger partial charge >= 0.3 is 12.2 Å². The predicted molar refractivity (Wildman–Crippen MR) is 107 cm³/mol. The molecule has 3 fully saturated rings. The maximum atomic E-state index is 12.8. The number of alkyl halides is 3. The fourth-order valence-corrected chi connectivity index (χ4v) is 4.05. The molecule has 4 N–H and O–H groups in total. The van der Waals surface area contributed by atoms with Crippen molar-refractivity contribution in [3.05, 3.63) is 54.1 Å². The molecule has 9 heteroatoms. The van der Waals surface area contributed by atoms with Crippen molar-refractivity contribution in [2.45, 2.75) is 31.0 Å². The Kier molecular flexibility index (Phi) is 5.15. The summed E-state index contributed by atoms with van der Waals surface area (Å²) in [5.74, 6) is 0.508. The van der Waals surface area contributed by atoms with Crippen LogP contribution >= 0.6 is 0 Å². The van der Waals surface area contributed by atoms with Crippen LogP contribution in [0.15, 0.2) is 48.5 Å². The molecule has 0 aromatic heterocycles. The first-order valence-electron chi connectivity index (χ1n) is 9.65. The number of nitrogens with one attached hydrogen (secondary N) is 4. The number of carbonyl (C=O) groups is 2. The lowest BCUT2D eigenvalue weighted by molar-refractivity contribution is -0.137. The van der Waals surface area contributed by atoms with E-state index in [0.717, 1.165) is 37.9 Å². The second-order valence-corrected chi connectivity index (χ2v) is 7.76. The smallest absolute Gasteiger partial charge is 0.324 e. The normalized spacial score (nSPS) is 22.6. The van der Waals surface area contributed by atoms with E-state index in [4.69, 9.17) is 0 Å². The van der Waals surface area contributed by atoms with Gasteiger partial charge in [0, 0.05) is 17.1 Å². The van der Waals surface area contributed by atoms with E-state index in [-0.39, 0.29) is 11.6 Å². The lowest BCUT2D eigenvalue weighted by atomic mass is 9.63. The molecule has 2 saturated heterocycles. The summed E-state index contributed by atoms with van der Waals surface area (Å²) in [6.07, 6.45) is -1.74. The first-order chi connectivity index (χ1) is 14.2. The van der Waals surface area contributed by atoms with Crippen LogP contribution in [0.3, 0.4) is 0 Å². The lowest BCUT2D eigenvalue weighted by Gasteiger charge is -2.51. The van der Waals surface area contributed by atoms with Crippen molar-refractivity contribution in [1.82, 2.24) is 5.32 Å². The zero-order valence-electron chi connectivity index (χ0n) is 16.0. The molecule has 158 valence electrons. The third-order valence-corrected chi connectivity index (χ3v) is 5.55. The zero-order chi connectivity index (χ0) is 21.4. The molecule has 3 aliphatic rings. The maximum absolute atomic E-state index is 12.8. The van der Waals surface area contributed by atoms with Gasteiger partial charge in [-0.05, 0) is 68.1 Å². The molecule has 1 saturated carbocycles. The molecular weight excluding hydrogens is 397 g/mol. The number of amides is 3. The van der Waals surface area contributed by atoms with Gasteiger partial charge in [-0.15, -0.1) is 0 Å². The largest absolute Gasteiger partial charge is 0.416 e. The minimum absolute atomic E-state index is 0.0220. The molecule has 0 radical (unpaired) electrons. The van der Waals surface area contributed by atoms with Crippen LogP contribution in [0, 0.1) is 5.92 Å². The Morgan fingerprint density at radius 2 is 1.53 bits per heavy atom. The van der Waals surface area contributed by atoms with E-state index in [1.165, 1.54) is 12.1 Å². The fourth-order valence-electron chi connectivity index (χ4n) is 4.05. The molecule has 2 aliphatic heterocycles. The number of anilines is 3. The van der Waals surface area contributed by atoms with Crippen LogP contribution in [-0.4, -0.2) is 24.0 Å². The van der Waals surface area contributed by atoms with Crippen LogP contribution in [0.2, 0.25) is 0 Å². The van der Waals surface area contributed by atoms with Crippen molar-refractivity contribution in [2.75, 3.05) is 22.5 Å². The minimum Gasteiger partial charge on any atom is -0.324 e. The number of rotatable bonds is 4. The Morgan fingerprint density at radius 3 is 2.13 bits per heavy atom. The van der Waals surface area contributed by atoms with Crippen LogP contribution in [0.4, 0.5) is 35.0 Å². The van der Waals surface area contributed by atoms with Crippen molar-refractivity contribution in [2.24, 2.45) is 5.92 Å². The van der Waals surface area contributed by atoms with Gasteiger partial charge in [0.1, 0.15) is 0 Å². The molecule has 30 heavy (non-hydrogen) atoms. The van der Waals surface area contributed by atoms with Crippen molar-refractivity contribution >= 4 is 29.0 Å². The average molecular weight is 418 g/mol. The number of hydrogen-bond acceptors (Lipinski definition) is 3. The topological polar surface area (TPSA) is 82.3 Å². The van der Waals surface area contributed by atoms with Crippen molar-refractivity contribution in [1.29, 1.82) is 0 Å². The van der Waals surface area contributed by atoms with E-state index in [0.29, 0.717) is 17.3 Å². The highest BCUT2D eigenvalue weighted by molar-refractivity contribution is 6.02. The molecule has 2 bridgehead atoms. The van der Waals surface area contributed by atoms with Gasteiger partial charge in [-0.3, -0.25) is 4.79 Å². The van der Waals surface area contributed by atoms with Crippen LogP contribution in [0.5, 0.6) is 0 Å². The molecule has 0 spiro atoms. The Morgan fingerprint density at radius 1 is 0.933 bits per heavy atom. The van der Waals surface area contributed by atoms with Gasteiger partial charge in [0.05, 0.1) is 11.1 Å². The lowest BCUT2D eigenvalue weighted by Crippen LogP contribution is -2.66. The number of carbonyl (C=O) groups excluding carboxylic acids is 2. The van der Waals surface area contributed by atoms with Gasteiger partial charge in [-0.25, -0.2) is 4.79 Å². The molecule has 2 heterocycles. The van der Waals surface area contributed by atoms with Gasteiger partial charge in [0.2, 0.25) is 5.91 Å². The number of piperidine rings is 2. The molecular formula is C21H21F3N4O2. The Hall–Kier alpha value is -3.07. The molecule has 2 aromatic carbocycles. The van der Waals surface area contributed by atoms with E-state index in [1.807, 2.05) is 0 Å². The van der Waals surface area contributed by atoms with Gasteiger partial charge in [0.25, 0.3) is 0 Å². The van der Waals surface area contributed by atoms with Gasteiger partial charge in [-0.2, -0.15) is 13.2 Å². The number of benzene rings is 2. The van der Waals surface area contributed by atoms with Gasteiger partial charge < -0.3 is 21.3 Å². The van der Waals surface area contributed by atoms with Crippen LogP contribution in [0.1, 0.15) is 24.8 Å². The van der Waals surface area contributed by atoms with E-state index in [2.05, 4.69) is 21.3 Å².